The van der Waals surface area contributed by atoms with Gasteiger partial charge in [0, 0.05) is 36.4 Å². The Morgan fingerprint density at radius 2 is 1.67 bits per heavy atom. The summed E-state index contributed by atoms with van der Waals surface area (Å²) in [6.45, 7) is 3.98. The molecule has 1 aliphatic heterocycles. The second-order valence-electron chi connectivity index (χ2n) is 7.84. The van der Waals surface area contributed by atoms with E-state index in [4.69, 9.17) is 5.11 Å². The van der Waals surface area contributed by atoms with Crippen LogP contribution in [-0.2, 0) is 21.2 Å². The minimum atomic E-state index is -4.79. The number of anilines is 1. The van der Waals surface area contributed by atoms with Crippen LogP contribution in [0.15, 0.2) is 47.4 Å². The fraction of sp³-hybridized carbons (Fsp3) is 0.381. The van der Waals surface area contributed by atoms with E-state index >= 15 is 0 Å². The molecule has 0 aliphatic carbocycles. The van der Waals surface area contributed by atoms with Gasteiger partial charge in [-0.05, 0) is 56.3 Å². The number of aliphatic carboxylic acids is 1. The van der Waals surface area contributed by atoms with Gasteiger partial charge in [0.05, 0.1) is 11.3 Å². The second-order valence-corrected chi connectivity index (χ2v) is 9.68. The van der Waals surface area contributed by atoms with Crippen LogP contribution < -0.4 is 9.64 Å². The molecule has 180 valence electrons. The molecule has 1 aliphatic rings. The molecule has 2 N–H and O–H groups in total. The lowest BCUT2D eigenvalue weighted by molar-refractivity contribution is -0.274. The Balaban J connectivity index is 1.80. The molecule has 0 amide bonds. The zero-order valence-electron chi connectivity index (χ0n) is 17.8. The van der Waals surface area contributed by atoms with Gasteiger partial charge in [0.2, 0.25) is 10.0 Å². The normalized spacial score (nSPS) is 20.0. The summed E-state index contributed by atoms with van der Waals surface area (Å²) in [6.07, 6.45) is -5.31. The number of carboxylic acids is 1. The summed E-state index contributed by atoms with van der Waals surface area (Å²) in [5.74, 6) is -1.86. The van der Waals surface area contributed by atoms with E-state index in [-0.39, 0.29) is 35.0 Å². The number of ether oxygens (including phenoxy) is 1. The van der Waals surface area contributed by atoms with Gasteiger partial charge in [-0.1, -0.05) is 0 Å². The van der Waals surface area contributed by atoms with Crippen molar-refractivity contribution in [1.82, 2.24) is 4.31 Å². The molecule has 3 rings (SSSR count). The lowest BCUT2D eigenvalue weighted by Gasteiger charge is -2.44. The number of sulfonamides is 1. The molecular formula is C21H23F3N2O6S. The van der Waals surface area contributed by atoms with Gasteiger partial charge in [-0.3, -0.25) is 4.79 Å². The Morgan fingerprint density at radius 1 is 1.09 bits per heavy atom. The largest absolute Gasteiger partial charge is 0.573 e. The van der Waals surface area contributed by atoms with Crippen molar-refractivity contribution in [2.45, 2.75) is 43.6 Å². The molecule has 33 heavy (non-hydrogen) atoms. The average Bonchev–Trinajstić information content (AvgIpc) is 2.67. The number of nitrogens with zero attached hydrogens (tertiary/aromatic N) is 2. The summed E-state index contributed by atoms with van der Waals surface area (Å²) >= 11 is 0. The SMILES string of the molecule is C[C@@H]1CN(c2ccc(OC(F)(F)F)cc2)C[C@H](C)N1S(=O)(=O)c1ccc(O)c(CC(=O)O)c1. The highest BCUT2D eigenvalue weighted by Crippen LogP contribution is 2.31. The minimum absolute atomic E-state index is 0.0105. The van der Waals surface area contributed by atoms with Crippen molar-refractivity contribution in [3.63, 3.8) is 0 Å². The van der Waals surface area contributed by atoms with Crippen LogP contribution in [0.25, 0.3) is 0 Å². The number of carbonyl (C=O) groups is 1. The molecule has 0 bridgehead atoms. The van der Waals surface area contributed by atoms with Gasteiger partial charge in [0.1, 0.15) is 11.5 Å². The lowest BCUT2D eigenvalue weighted by atomic mass is 10.1. The molecule has 0 unspecified atom stereocenters. The van der Waals surface area contributed by atoms with Crippen molar-refractivity contribution in [3.8, 4) is 11.5 Å². The Morgan fingerprint density at radius 3 is 2.18 bits per heavy atom. The first kappa shape index (κ1) is 24.6. The monoisotopic (exact) mass is 488 g/mol. The maximum absolute atomic E-state index is 13.3. The van der Waals surface area contributed by atoms with Crippen molar-refractivity contribution >= 4 is 21.7 Å². The third-order valence-corrected chi connectivity index (χ3v) is 7.37. The van der Waals surface area contributed by atoms with Crippen LogP contribution >= 0.6 is 0 Å². The predicted octanol–water partition coefficient (Wildman–Crippen LogP) is 3.21. The number of phenolic OH excluding ortho intramolecular Hbond substituents is 1. The first-order valence-corrected chi connectivity index (χ1v) is 11.4. The highest BCUT2D eigenvalue weighted by atomic mass is 32.2. The predicted molar refractivity (Wildman–Crippen MR) is 113 cm³/mol. The number of piperazine rings is 1. The molecular weight excluding hydrogens is 465 g/mol. The summed E-state index contributed by atoms with van der Waals surface area (Å²) in [5.41, 5.74) is 0.609. The van der Waals surface area contributed by atoms with E-state index in [0.717, 1.165) is 12.1 Å². The van der Waals surface area contributed by atoms with Crippen LogP contribution in [0.2, 0.25) is 0 Å². The minimum Gasteiger partial charge on any atom is -0.508 e. The molecule has 1 fully saturated rings. The highest BCUT2D eigenvalue weighted by Gasteiger charge is 2.39. The van der Waals surface area contributed by atoms with E-state index in [1.807, 2.05) is 4.90 Å². The number of benzene rings is 2. The Kier molecular flexibility index (Phi) is 6.80. The van der Waals surface area contributed by atoms with Crippen LogP contribution in [0.3, 0.4) is 0 Å². The zero-order chi connectivity index (χ0) is 24.6. The molecule has 1 saturated heterocycles. The number of halogens is 3. The number of aromatic hydroxyl groups is 1. The summed E-state index contributed by atoms with van der Waals surface area (Å²) < 4.78 is 69.0. The van der Waals surface area contributed by atoms with E-state index in [9.17, 15) is 31.5 Å². The first-order valence-electron chi connectivity index (χ1n) is 9.96. The van der Waals surface area contributed by atoms with Crippen molar-refractivity contribution in [3.05, 3.63) is 48.0 Å². The third-order valence-electron chi connectivity index (χ3n) is 5.24. The molecule has 2 aromatic carbocycles. The van der Waals surface area contributed by atoms with E-state index < -0.39 is 40.9 Å². The van der Waals surface area contributed by atoms with Crippen LogP contribution in [0.1, 0.15) is 19.4 Å². The van der Waals surface area contributed by atoms with Crippen LogP contribution in [0, 0.1) is 0 Å². The van der Waals surface area contributed by atoms with Crippen molar-refractivity contribution in [1.29, 1.82) is 0 Å². The highest BCUT2D eigenvalue weighted by molar-refractivity contribution is 7.89. The number of rotatable bonds is 6. The lowest BCUT2D eigenvalue weighted by Crippen LogP contribution is -2.58. The molecule has 2 aromatic rings. The molecule has 0 spiro atoms. The fourth-order valence-corrected chi connectivity index (χ4v) is 5.86. The quantitative estimate of drug-likeness (QED) is 0.643. The average molecular weight is 488 g/mol. The van der Waals surface area contributed by atoms with Gasteiger partial charge in [-0.15, -0.1) is 13.2 Å². The summed E-state index contributed by atoms with van der Waals surface area (Å²) in [6, 6.07) is 7.88. The molecule has 12 heteroatoms. The number of alkyl halides is 3. The smallest absolute Gasteiger partial charge is 0.508 e. The van der Waals surface area contributed by atoms with E-state index in [2.05, 4.69) is 4.74 Å². The Labute approximate surface area is 188 Å². The molecule has 1 heterocycles. The van der Waals surface area contributed by atoms with Crippen molar-refractivity contribution in [2.24, 2.45) is 0 Å². The number of phenols is 1. The zero-order valence-corrected chi connectivity index (χ0v) is 18.6. The number of hydrogen-bond donors (Lipinski definition) is 2. The fourth-order valence-electron chi connectivity index (χ4n) is 4.00. The molecule has 0 saturated carbocycles. The van der Waals surface area contributed by atoms with Crippen LogP contribution in [0.5, 0.6) is 11.5 Å². The number of hydrogen-bond acceptors (Lipinski definition) is 6. The van der Waals surface area contributed by atoms with Crippen molar-refractivity contribution in [2.75, 3.05) is 18.0 Å². The maximum atomic E-state index is 13.3. The van der Waals surface area contributed by atoms with Gasteiger partial charge >= 0.3 is 12.3 Å². The molecule has 0 aromatic heterocycles. The molecule has 8 nitrogen and oxygen atoms in total. The van der Waals surface area contributed by atoms with E-state index in [1.165, 1.54) is 34.6 Å². The maximum Gasteiger partial charge on any atom is 0.573 e. The summed E-state index contributed by atoms with van der Waals surface area (Å²) in [7, 11) is -4.01. The first-order chi connectivity index (χ1) is 15.3. The molecule has 2 atom stereocenters. The van der Waals surface area contributed by atoms with Gasteiger partial charge < -0.3 is 19.8 Å². The third kappa shape index (κ3) is 5.69. The van der Waals surface area contributed by atoms with Gasteiger partial charge in [-0.2, -0.15) is 4.31 Å². The summed E-state index contributed by atoms with van der Waals surface area (Å²) in [4.78, 5) is 12.7. The Bertz CT molecular complexity index is 1110. The van der Waals surface area contributed by atoms with Crippen molar-refractivity contribution < 1.29 is 41.3 Å². The van der Waals surface area contributed by atoms with Crippen LogP contribution in [-0.4, -0.2) is 60.4 Å². The van der Waals surface area contributed by atoms with Crippen LogP contribution in [0.4, 0.5) is 18.9 Å². The Hall–Kier alpha value is -2.99. The second kappa shape index (κ2) is 9.10. The standard InChI is InChI=1S/C21H23F3N2O6S/c1-13-11-25(16-3-5-17(6-4-16)32-21(22,23)24)12-14(2)26(13)33(30,31)18-7-8-19(27)15(9-18)10-20(28)29/h3-9,13-14,27H,10-12H2,1-2H3,(H,28,29)/t13-,14+. The van der Waals surface area contributed by atoms with E-state index in [0.29, 0.717) is 5.69 Å². The molecule has 0 radical (unpaired) electrons. The van der Waals surface area contributed by atoms with Gasteiger partial charge in [0.25, 0.3) is 0 Å². The topological polar surface area (TPSA) is 107 Å². The van der Waals surface area contributed by atoms with Gasteiger partial charge in [0.15, 0.2) is 0 Å². The number of carboxylic acid groups (broad SMARTS) is 1. The van der Waals surface area contributed by atoms with Gasteiger partial charge in [-0.25, -0.2) is 8.42 Å². The summed E-state index contributed by atoms with van der Waals surface area (Å²) in [5, 5.41) is 18.8. The van der Waals surface area contributed by atoms with E-state index in [1.54, 1.807) is 13.8 Å².